The van der Waals surface area contributed by atoms with Gasteiger partial charge in [0.05, 0.1) is 13.2 Å². The zero-order chi connectivity index (χ0) is 18.7. The molecule has 0 radical (unpaired) electrons. The van der Waals surface area contributed by atoms with Crippen LogP contribution in [-0.2, 0) is 4.74 Å². The molecule has 146 valence electrons. The first-order chi connectivity index (χ1) is 13.8. The predicted octanol–water partition coefficient (Wildman–Crippen LogP) is 1.13. The number of ether oxygens (including phenoxy) is 1. The number of aromatic nitrogens is 2. The van der Waals surface area contributed by atoms with Gasteiger partial charge in [-0.15, -0.1) is 0 Å². The van der Waals surface area contributed by atoms with Gasteiger partial charge in [-0.05, 0) is 55.5 Å². The molecule has 4 nitrogen and oxygen atoms in total. The number of aryl methyl sites for hydroxylation is 1. The van der Waals surface area contributed by atoms with Crippen LogP contribution in [0.4, 0.5) is 5.69 Å². The molecule has 3 aromatic heterocycles. The highest BCUT2D eigenvalue weighted by atomic mass is 127. The lowest BCUT2D eigenvalue weighted by atomic mass is 10.1. The second-order valence-corrected chi connectivity index (χ2v) is 7.69. The molecule has 0 aliphatic carbocycles. The summed E-state index contributed by atoms with van der Waals surface area (Å²) in [6.07, 6.45) is 2.24. The molecule has 2 aromatic carbocycles. The van der Waals surface area contributed by atoms with Gasteiger partial charge in [-0.3, -0.25) is 0 Å². The number of hydrogen-bond acceptors (Lipinski definition) is 2. The summed E-state index contributed by atoms with van der Waals surface area (Å²) in [4.78, 5) is 2.41. The van der Waals surface area contributed by atoms with E-state index in [1.807, 2.05) is 0 Å². The molecule has 5 aromatic rings. The van der Waals surface area contributed by atoms with E-state index in [1.165, 1.54) is 44.2 Å². The fourth-order valence-electron chi connectivity index (χ4n) is 4.49. The summed E-state index contributed by atoms with van der Waals surface area (Å²) in [6, 6.07) is 22.4. The number of benzene rings is 2. The van der Waals surface area contributed by atoms with Crippen molar-refractivity contribution in [1.82, 2.24) is 4.40 Å². The summed E-state index contributed by atoms with van der Waals surface area (Å²) in [7, 11) is 0. The van der Waals surface area contributed by atoms with E-state index in [1.54, 1.807) is 0 Å². The van der Waals surface area contributed by atoms with Crippen LogP contribution in [0, 0.1) is 6.92 Å². The van der Waals surface area contributed by atoms with Gasteiger partial charge in [0, 0.05) is 35.6 Å². The van der Waals surface area contributed by atoms with Crippen LogP contribution >= 0.6 is 0 Å². The van der Waals surface area contributed by atoms with E-state index in [2.05, 4.69) is 87.5 Å². The number of nitrogens with zero attached hydrogens (tertiary/aromatic N) is 3. The van der Waals surface area contributed by atoms with Crippen molar-refractivity contribution in [3.8, 4) is 0 Å². The molecule has 0 spiro atoms. The average Bonchev–Trinajstić information content (AvgIpc) is 3.13. The summed E-state index contributed by atoms with van der Waals surface area (Å²) in [5.41, 5.74) is 7.45. The Morgan fingerprint density at radius 2 is 1.69 bits per heavy atom. The first kappa shape index (κ1) is 18.6. The van der Waals surface area contributed by atoms with Crippen molar-refractivity contribution in [3.63, 3.8) is 0 Å². The molecule has 4 heterocycles. The Bertz CT molecular complexity index is 1370. The van der Waals surface area contributed by atoms with E-state index in [-0.39, 0.29) is 24.0 Å². The van der Waals surface area contributed by atoms with Crippen molar-refractivity contribution in [2.24, 2.45) is 0 Å². The SMILES string of the molecule is Cc1ccc2c(ccc3n4c(ccc5cc(N6CCOCC6)ccc54)c[n+]23)c1.[I-]. The van der Waals surface area contributed by atoms with E-state index >= 15 is 0 Å². The van der Waals surface area contributed by atoms with Gasteiger partial charge in [-0.2, -0.15) is 8.80 Å². The number of pyridine rings is 2. The number of fused-ring (bicyclic) bond motifs is 7. The predicted molar refractivity (Wildman–Crippen MR) is 113 cm³/mol. The minimum atomic E-state index is 0. The lowest BCUT2D eigenvalue weighted by molar-refractivity contribution is -0.479. The van der Waals surface area contributed by atoms with Gasteiger partial charge in [-0.1, -0.05) is 11.6 Å². The second kappa shape index (κ2) is 7.15. The topological polar surface area (TPSA) is 21.0 Å². The number of anilines is 1. The molecule has 0 bridgehead atoms. The molecular weight excluding hydrogens is 473 g/mol. The highest BCUT2D eigenvalue weighted by Crippen LogP contribution is 2.26. The molecule has 1 saturated heterocycles. The van der Waals surface area contributed by atoms with Gasteiger partial charge < -0.3 is 33.6 Å². The minimum Gasteiger partial charge on any atom is -1.00 e. The number of morpholine rings is 1. The third kappa shape index (κ3) is 2.95. The molecule has 5 heteroatoms. The Morgan fingerprint density at radius 1 is 0.862 bits per heavy atom. The number of hydrogen-bond donors (Lipinski definition) is 0. The first-order valence-electron chi connectivity index (χ1n) is 9.90. The first-order valence-corrected chi connectivity index (χ1v) is 9.90. The number of imidazole rings is 1. The molecule has 29 heavy (non-hydrogen) atoms. The number of halogens is 1. The Balaban J connectivity index is 0.00000181. The van der Waals surface area contributed by atoms with Crippen LogP contribution in [0.5, 0.6) is 0 Å². The monoisotopic (exact) mass is 495 g/mol. The maximum atomic E-state index is 5.50. The molecule has 0 N–H and O–H groups in total. The van der Waals surface area contributed by atoms with E-state index in [0.717, 1.165) is 26.3 Å². The number of rotatable bonds is 1. The van der Waals surface area contributed by atoms with Gasteiger partial charge in [0.25, 0.3) is 5.65 Å². The van der Waals surface area contributed by atoms with Crippen LogP contribution in [-0.4, -0.2) is 30.7 Å². The standard InChI is InChI=1S/C24H22N3O.HI/c1-17-2-7-22-18(14-17)4-9-24-26(22)16-21-5-3-19-15-20(6-8-23(19)27(21)24)25-10-12-28-13-11-25;/h2-9,14-16H,10-13H2,1H3;1H/q+1;/p-1. The maximum Gasteiger partial charge on any atom is 0.292 e. The van der Waals surface area contributed by atoms with E-state index < -0.39 is 0 Å². The van der Waals surface area contributed by atoms with Gasteiger partial charge in [0.2, 0.25) is 0 Å². The minimum absolute atomic E-state index is 0. The summed E-state index contributed by atoms with van der Waals surface area (Å²) >= 11 is 0. The van der Waals surface area contributed by atoms with Crippen LogP contribution in [0.1, 0.15) is 5.56 Å². The van der Waals surface area contributed by atoms with Crippen molar-refractivity contribution >= 4 is 38.7 Å². The smallest absolute Gasteiger partial charge is 0.292 e. The Kier molecular flexibility index (Phi) is 4.59. The zero-order valence-electron chi connectivity index (χ0n) is 16.3. The molecule has 6 rings (SSSR count). The van der Waals surface area contributed by atoms with Crippen LogP contribution < -0.4 is 33.3 Å². The molecular formula is C24H22IN3O. The van der Waals surface area contributed by atoms with Gasteiger partial charge in [0.1, 0.15) is 17.2 Å². The van der Waals surface area contributed by atoms with E-state index in [9.17, 15) is 0 Å². The van der Waals surface area contributed by atoms with E-state index in [4.69, 9.17) is 4.74 Å². The lowest BCUT2D eigenvalue weighted by Gasteiger charge is -2.28. The normalized spacial score (nSPS) is 14.7. The fraction of sp³-hybridized carbons (Fsp3) is 0.208. The zero-order valence-corrected chi connectivity index (χ0v) is 18.5. The lowest BCUT2D eigenvalue weighted by Crippen LogP contribution is -3.00. The molecule has 1 fully saturated rings. The molecule has 0 amide bonds. The quantitative estimate of drug-likeness (QED) is 0.257. The van der Waals surface area contributed by atoms with Crippen molar-refractivity contribution < 1.29 is 33.1 Å². The molecule has 1 aliphatic heterocycles. The Morgan fingerprint density at radius 3 is 2.55 bits per heavy atom. The van der Waals surface area contributed by atoms with Crippen molar-refractivity contribution in [2.45, 2.75) is 6.92 Å². The maximum absolute atomic E-state index is 5.50. The summed E-state index contributed by atoms with van der Waals surface area (Å²) in [5, 5.41) is 2.53. The highest BCUT2D eigenvalue weighted by Gasteiger charge is 2.18. The van der Waals surface area contributed by atoms with Gasteiger partial charge in [0.15, 0.2) is 5.52 Å². The summed E-state index contributed by atoms with van der Waals surface area (Å²) in [5.74, 6) is 0. The van der Waals surface area contributed by atoms with Crippen LogP contribution in [0.25, 0.3) is 33.0 Å². The molecule has 1 aliphatic rings. The van der Waals surface area contributed by atoms with Crippen LogP contribution in [0.15, 0.2) is 66.9 Å². The van der Waals surface area contributed by atoms with Gasteiger partial charge >= 0.3 is 0 Å². The van der Waals surface area contributed by atoms with Crippen LogP contribution in [0.2, 0.25) is 0 Å². The van der Waals surface area contributed by atoms with E-state index in [0.29, 0.717) is 0 Å². The molecule has 0 saturated carbocycles. The molecule has 0 atom stereocenters. The Hall–Kier alpha value is -2.38. The molecule has 0 unspecified atom stereocenters. The largest absolute Gasteiger partial charge is 1.00 e. The highest BCUT2D eigenvalue weighted by molar-refractivity contribution is 5.88. The van der Waals surface area contributed by atoms with Crippen molar-refractivity contribution in [2.75, 3.05) is 31.2 Å². The summed E-state index contributed by atoms with van der Waals surface area (Å²) in [6.45, 7) is 5.68. The van der Waals surface area contributed by atoms with Crippen LogP contribution in [0.3, 0.4) is 0 Å². The third-order valence-electron chi connectivity index (χ3n) is 5.91. The fourth-order valence-corrected chi connectivity index (χ4v) is 4.49. The third-order valence-corrected chi connectivity index (χ3v) is 5.91. The Labute approximate surface area is 186 Å². The second-order valence-electron chi connectivity index (χ2n) is 7.69. The van der Waals surface area contributed by atoms with Gasteiger partial charge in [-0.25, -0.2) is 0 Å². The van der Waals surface area contributed by atoms with Crippen molar-refractivity contribution in [3.05, 3.63) is 72.4 Å². The van der Waals surface area contributed by atoms with Crippen molar-refractivity contribution in [1.29, 1.82) is 0 Å². The summed E-state index contributed by atoms with van der Waals surface area (Å²) < 4.78 is 10.2. The average molecular weight is 495 g/mol.